The number of hydrogen-bond acceptors (Lipinski definition) is 2. The average Bonchev–Trinajstić information content (AvgIpc) is 3.26. The molecule has 2 nitrogen and oxygen atoms in total. The summed E-state index contributed by atoms with van der Waals surface area (Å²) in [4.78, 5) is 5.11. The number of para-hydroxylation sites is 1. The number of fused-ring (bicyclic) bond motifs is 5. The summed E-state index contributed by atoms with van der Waals surface area (Å²) in [5, 5.41) is 0. The van der Waals surface area contributed by atoms with E-state index in [-0.39, 0.29) is 23.0 Å². The van der Waals surface area contributed by atoms with E-state index < -0.39 is 0 Å². The first kappa shape index (κ1) is 29.9. The minimum Gasteiger partial charge on any atom is -0.311 e. The highest BCUT2D eigenvalue weighted by Gasteiger charge is 2.52. The molecule has 0 unspecified atom stereocenters. The van der Waals surface area contributed by atoms with Gasteiger partial charge in [-0.3, -0.25) is 0 Å². The van der Waals surface area contributed by atoms with Crippen molar-refractivity contribution < 1.29 is 0 Å². The number of anilines is 5. The maximum atomic E-state index is 2.59. The Balaban J connectivity index is 1.44. The third kappa shape index (κ3) is 4.39. The molecule has 0 saturated carbocycles. The van der Waals surface area contributed by atoms with Crippen molar-refractivity contribution in [2.75, 3.05) is 9.80 Å². The largest absolute Gasteiger partial charge is 0.311 e. The molecule has 3 heteroatoms. The zero-order chi connectivity index (χ0) is 33.0. The molecule has 0 N–H and O–H groups in total. The standard InChI is InChI=1S/C44H45BN2/c1-28-26-37-39-38(27-28)47(32-24-20-30(21-25-32)43(5,6)7)40-33-14-10-11-15-34(33)44(8,9)41(40)45(39)35-16-12-13-17-36(35)46(37)31-22-18-29(19-23-31)42(2,3)4/h10-27H,1-9H3. The molecule has 234 valence electrons. The van der Waals surface area contributed by atoms with Crippen LogP contribution in [0.25, 0.3) is 5.70 Å². The molecule has 1 aliphatic carbocycles. The Morgan fingerprint density at radius 1 is 0.574 bits per heavy atom. The maximum Gasteiger partial charge on any atom is 0.248 e. The fourth-order valence-electron chi connectivity index (χ4n) is 8.39. The van der Waals surface area contributed by atoms with Crippen LogP contribution in [-0.2, 0) is 16.2 Å². The van der Waals surface area contributed by atoms with Crippen molar-refractivity contribution in [2.45, 2.75) is 78.6 Å². The molecular weight excluding hydrogens is 567 g/mol. The lowest BCUT2D eigenvalue weighted by molar-refractivity contribution is 0.590. The van der Waals surface area contributed by atoms with E-state index in [1.165, 1.54) is 78.3 Å². The zero-order valence-electron chi connectivity index (χ0n) is 29.4. The van der Waals surface area contributed by atoms with Crippen molar-refractivity contribution in [3.8, 4) is 0 Å². The maximum absolute atomic E-state index is 2.59. The van der Waals surface area contributed by atoms with E-state index in [1.54, 1.807) is 0 Å². The van der Waals surface area contributed by atoms with Gasteiger partial charge in [0.2, 0.25) is 6.71 Å². The fraction of sp³-hybridized carbons (Fsp3) is 0.273. The molecule has 0 spiro atoms. The number of hydrogen-bond donors (Lipinski definition) is 0. The van der Waals surface area contributed by atoms with Crippen LogP contribution in [-0.4, -0.2) is 6.71 Å². The van der Waals surface area contributed by atoms with Crippen LogP contribution in [0.1, 0.15) is 83.2 Å². The van der Waals surface area contributed by atoms with Gasteiger partial charge in [0.05, 0.1) is 0 Å². The smallest absolute Gasteiger partial charge is 0.248 e. The second-order valence-electron chi connectivity index (χ2n) is 16.4. The minimum absolute atomic E-state index is 0.0904. The van der Waals surface area contributed by atoms with Crippen LogP contribution in [0.4, 0.5) is 28.4 Å². The van der Waals surface area contributed by atoms with Crippen LogP contribution in [0.5, 0.6) is 0 Å². The van der Waals surface area contributed by atoms with E-state index in [1.807, 2.05) is 0 Å². The highest BCUT2D eigenvalue weighted by atomic mass is 15.2. The molecule has 0 amide bonds. The topological polar surface area (TPSA) is 6.48 Å². The summed E-state index contributed by atoms with van der Waals surface area (Å²) < 4.78 is 0. The lowest BCUT2D eigenvalue weighted by Crippen LogP contribution is -2.57. The van der Waals surface area contributed by atoms with E-state index in [4.69, 9.17) is 0 Å². The van der Waals surface area contributed by atoms with E-state index in [0.717, 1.165) is 0 Å². The van der Waals surface area contributed by atoms with Crippen LogP contribution < -0.4 is 20.7 Å². The lowest BCUT2D eigenvalue weighted by Gasteiger charge is -2.46. The van der Waals surface area contributed by atoms with Gasteiger partial charge in [0.25, 0.3) is 0 Å². The van der Waals surface area contributed by atoms with Gasteiger partial charge in [0.15, 0.2) is 0 Å². The Hall–Kier alpha value is -4.50. The molecule has 3 aliphatic rings. The highest BCUT2D eigenvalue weighted by Crippen LogP contribution is 2.55. The molecule has 0 atom stereocenters. The van der Waals surface area contributed by atoms with Crippen molar-refractivity contribution in [2.24, 2.45) is 0 Å². The van der Waals surface area contributed by atoms with Gasteiger partial charge < -0.3 is 9.80 Å². The predicted octanol–water partition coefficient (Wildman–Crippen LogP) is 10.4. The van der Waals surface area contributed by atoms with E-state index in [0.29, 0.717) is 0 Å². The SMILES string of the molecule is Cc1cc2c3c(c1)N(c1ccc(C(C)(C)C)cc1)c1ccccc1B3C1=C(c3ccccc3C1(C)C)N2c1ccc(C(C)(C)C)cc1. The van der Waals surface area contributed by atoms with Gasteiger partial charge in [-0.25, -0.2) is 0 Å². The van der Waals surface area contributed by atoms with Gasteiger partial charge in [-0.1, -0.05) is 128 Å². The Morgan fingerprint density at radius 2 is 1.09 bits per heavy atom. The first-order valence-corrected chi connectivity index (χ1v) is 17.2. The number of nitrogens with zero attached hydrogens (tertiary/aromatic N) is 2. The lowest BCUT2D eigenvalue weighted by atomic mass is 9.30. The number of benzene rings is 5. The average molecular weight is 613 g/mol. The molecule has 0 radical (unpaired) electrons. The summed E-state index contributed by atoms with van der Waals surface area (Å²) in [6, 6.07) is 41.7. The third-order valence-electron chi connectivity index (χ3n) is 10.8. The Morgan fingerprint density at radius 3 is 1.68 bits per heavy atom. The van der Waals surface area contributed by atoms with Gasteiger partial charge >= 0.3 is 0 Å². The summed E-state index contributed by atoms with van der Waals surface area (Å²) in [5.41, 5.74) is 18.6. The number of aryl methyl sites for hydroxylation is 1. The predicted molar refractivity (Wildman–Crippen MR) is 203 cm³/mol. The minimum atomic E-state index is -0.149. The molecule has 2 heterocycles. The molecule has 47 heavy (non-hydrogen) atoms. The van der Waals surface area contributed by atoms with Gasteiger partial charge in [-0.15, -0.1) is 0 Å². The second-order valence-corrected chi connectivity index (χ2v) is 16.4. The van der Waals surface area contributed by atoms with Crippen LogP contribution >= 0.6 is 0 Å². The Kier molecular flexibility index (Phi) is 6.36. The first-order valence-electron chi connectivity index (χ1n) is 17.2. The van der Waals surface area contributed by atoms with Crippen LogP contribution in [0, 0.1) is 6.92 Å². The van der Waals surface area contributed by atoms with E-state index >= 15 is 0 Å². The summed E-state index contributed by atoms with van der Waals surface area (Å²) in [7, 11) is 0. The van der Waals surface area contributed by atoms with Crippen molar-refractivity contribution in [1.82, 2.24) is 0 Å². The molecule has 0 fully saturated rings. The second kappa shape index (κ2) is 10.0. The Bertz CT molecular complexity index is 2090. The van der Waals surface area contributed by atoms with Crippen molar-refractivity contribution in [1.29, 1.82) is 0 Å². The van der Waals surface area contributed by atoms with Crippen molar-refractivity contribution in [3.63, 3.8) is 0 Å². The van der Waals surface area contributed by atoms with Gasteiger partial charge in [0, 0.05) is 45.1 Å². The monoisotopic (exact) mass is 612 g/mol. The normalized spacial score (nSPS) is 16.1. The number of rotatable bonds is 2. The van der Waals surface area contributed by atoms with Crippen molar-refractivity contribution >= 4 is 51.8 Å². The molecule has 0 saturated heterocycles. The summed E-state index contributed by atoms with van der Waals surface area (Å²) >= 11 is 0. The van der Waals surface area contributed by atoms with Crippen LogP contribution in [0.2, 0.25) is 0 Å². The van der Waals surface area contributed by atoms with Gasteiger partial charge in [-0.2, -0.15) is 0 Å². The van der Waals surface area contributed by atoms with Gasteiger partial charge in [0.1, 0.15) is 0 Å². The molecule has 5 aromatic rings. The molecule has 5 aromatic carbocycles. The summed E-state index contributed by atoms with van der Waals surface area (Å²) in [5.74, 6) is 0. The molecule has 0 bridgehead atoms. The molecule has 2 aliphatic heterocycles. The van der Waals surface area contributed by atoms with E-state index in [2.05, 4.69) is 181 Å². The fourth-order valence-corrected chi connectivity index (χ4v) is 8.39. The zero-order valence-corrected chi connectivity index (χ0v) is 29.4. The molecular formula is C44H45BN2. The summed E-state index contributed by atoms with van der Waals surface area (Å²) in [6.07, 6.45) is 0. The van der Waals surface area contributed by atoms with Crippen LogP contribution in [0.15, 0.2) is 115 Å². The quantitative estimate of drug-likeness (QED) is 0.183. The molecule has 0 aromatic heterocycles. The Labute approximate surface area is 281 Å². The molecule has 8 rings (SSSR count). The van der Waals surface area contributed by atoms with Crippen LogP contribution in [0.3, 0.4) is 0 Å². The third-order valence-corrected chi connectivity index (χ3v) is 10.8. The summed E-state index contributed by atoms with van der Waals surface area (Å²) in [6.45, 7) is 21.0. The highest BCUT2D eigenvalue weighted by molar-refractivity contribution is 6.96. The first-order chi connectivity index (χ1) is 22.3. The van der Waals surface area contributed by atoms with Gasteiger partial charge in [-0.05, 0) is 93.4 Å². The number of allylic oxidation sites excluding steroid dienone is 1. The van der Waals surface area contributed by atoms with E-state index in [9.17, 15) is 0 Å². The van der Waals surface area contributed by atoms with Crippen molar-refractivity contribution in [3.05, 3.63) is 142 Å².